The van der Waals surface area contributed by atoms with E-state index in [1.54, 1.807) is 29.0 Å². The van der Waals surface area contributed by atoms with Gasteiger partial charge in [-0.05, 0) is 12.8 Å². The lowest BCUT2D eigenvalue weighted by Crippen LogP contribution is -2.30. The van der Waals surface area contributed by atoms with Crippen molar-refractivity contribution >= 4 is 11.9 Å². The average Bonchev–Trinajstić information content (AvgIpc) is 3.25. The van der Waals surface area contributed by atoms with Gasteiger partial charge in [-0.15, -0.1) is 5.10 Å². The Hall–Kier alpha value is -2.71. The van der Waals surface area contributed by atoms with Gasteiger partial charge in [0.15, 0.2) is 0 Å². The Bertz CT molecular complexity index is 768. The number of rotatable bonds is 6. The second kappa shape index (κ2) is 7.04. The van der Waals surface area contributed by atoms with E-state index in [1.165, 1.54) is 0 Å². The number of carbonyl (C=O) groups excluding carboxylic acids is 1. The first-order valence-electron chi connectivity index (χ1n) is 8.27. The van der Waals surface area contributed by atoms with E-state index < -0.39 is 5.97 Å². The largest absolute Gasteiger partial charge is 0.481 e. The SMILES string of the molecule is Cc1nccn1CCC(=O)N1C[C@H](CC(=O)O)[C@H](c2cn(C)nn2)C1. The highest BCUT2D eigenvalue weighted by Crippen LogP contribution is 2.34. The highest BCUT2D eigenvalue weighted by atomic mass is 16.4. The second-order valence-electron chi connectivity index (χ2n) is 6.50. The molecule has 2 aromatic rings. The fourth-order valence-electron chi connectivity index (χ4n) is 3.39. The minimum Gasteiger partial charge on any atom is -0.481 e. The molecule has 0 unspecified atom stereocenters. The van der Waals surface area contributed by atoms with Crippen molar-refractivity contribution in [3.05, 3.63) is 30.1 Å². The summed E-state index contributed by atoms with van der Waals surface area (Å²) in [6, 6.07) is 0. The van der Waals surface area contributed by atoms with Crippen molar-refractivity contribution in [2.24, 2.45) is 13.0 Å². The molecule has 0 saturated carbocycles. The van der Waals surface area contributed by atoms with Crippen LogP contribution < -0.4 is 0 Å². The summed E-state index contributed by atoms with van der Waals surface area (Å²) in [6.45, 7) is 3.39. The van der Waals surface area contributed by atoms with Gasteiger partial charge < -0.3 is 14.6 Å². The number of aromatic nitrogens is 5. The Morgan fingerprint density at radius 1 is 1.36 bits per heavy atom. The van der Waals surface area contributed by atoms with Crippen LogP contribution in [-0.4, -0.2) is 59.5 Å². The third kappa shape index (κ3) is 3.86. The highest BCUT2D eigenvalue weighted by molar-refractivity contribution is 5.77. The van der Waals surface area contributed by atoms with Crippen LogP contribution in [0.4, 0.5) is 0 Å². The van der Waals surface area contributed by atoms with Crippen LogP contribution >= 0.6 is 0 Å². The summed E-state index contributed by atoms with van der Waals surface area (Å²) in [6.07, 6.45) is 5.74. The predicted octanol–water partition coefficient (Wildman–Crippen LogP) is 0.427. The van der Waals surface area contributed by atoms with Gasteiger partial charge in [0.05, 0.1) is 12.1 Å². The summed E-state index contributed by atoms with van der Waals surface area (Å²) in [4.78, 5) is 29.6. The number of carbonyl (C=O) groups is 2. The molecule has 2 aromatic heterocycles. The molecule has 1 saturated heterocycles. The number of likely N-dealkylation sites (tertiary alicyclic amines) is 1. The Morgan fingerprint density at radius 2 is 2.16 bits per heavy atom. The zero-order chi connectivity index (χ0) is 18.0. The van der Waals surface area contributed by atoms with E-state index in [0.717, 1.165) is 11.5 Å². The van der Waals surface area contributed by atoms with E-state index in [0.29, 0.717) is 26.1 Å². The Balaban J connectivity index is 1.66. The first-order valence-corrected chi connectivity index (χ1v) is 8.27. The second-order valence-corrected chi connectivity index (χ2v) is 6.50. The Kier molecular flexibility index (Phi) is 4.82. The van der Waals surface area contributed by atoms with Crippen molar-refractivity contribution in [2.75, 3.05) is 13.1 Å². The summed E-state index contributed by atoms with van der Waals surface area (Å²) in [5.74, 6) is -0.204. The van der Waals surface area contributed by atoms with Gasteiger partial charge in [0.2, 0.25) is 5.91 Å². The van der Waals surface area contributed by atoms with Crippen LogP contribution in [-0.2, 0) is 23.2 Å². The van der Waals surface area contributed by atoms with E-state index in [1.807, 2.05) is 17.7 Å². The monoisotopic (exact) mass is 346 g/mol. The Morgan fingerprint density at radius 3 is 2.76 bits per heavy atom. The van der Waals surface area contributed by atoms with Crippen LogP contribution in [0.1, 0.15) is 30.3 Å². The molecular formula is C16H22N6O3. The molecule has 1 amide bonds. The maximum Gasteiger partial charge on any atom is 0.303 e. The molecule has 2 atom stereocenters. The summed E-state index contributed by atoms with van der Waals surface area (Å²) < 4.78 is 3.53. The van der Waals surface area contributed by atoms with Crippen LogP contribution in [0, 0.1) is 12.8 Å². The van der Waals surface area contributed by atoms with E-state index in [2.05, 4.69) is 15.3 Å². The number of carboxylic acids is 1. The maximum atomic E-state index is 12.6. The van der Waals surface area contributed by atoms with Gasteiger partial charge in [-0.3, -0.25) is 14.3 Å². The number of aliphatic carboxylic acids is 1. The van der Waals surface area contributed by atoms with Gasteiger partial charge in [-0.25, -0.2) is 4.98 Å². The van der Waals surface area contributed by atoms with Gasteiger partial charge in [0, 0.05) is 57.6 Å². The van der Waals surface area contributed by atoms with Gasteiger partial charge in [-0.2, -0.15) is 0 Å². The molecule has 0 spiro atoms. The lowest BCUT2D eigenvalue weighted by atomic mass is 9.91. The van der Waals surface area contributed by atoms with Crippen LogP contribution in [0.3, 0.4) is 0 Å². The van der Waals surface area contributed by atoms with Crippen LogP contribution in [0.25, 0.3) is 0 Å². The smallest absolute Gasteiger partial charge is 0.303 e. The quantitative estimate of drug-likeness (QED) is 0.813. The molecule has 1 fully saturated rings. The normalized spacial score (nSPS) is 20.2. The molecule has 1 N–H and O–H groups in total. The molecule has 25 heavy (non-hydrogen) atoms. The van der Waals surface area contributed by atoms with Crippen LogP contribution in [0.5, 0.6) is 0 Å². The predicted molar refractivity (Wildman–Crippen MR) is 87.6 cm³/mol. The standard InChI is InChI=1S/C16H22N6O3/c1-11-17-4-6-21(11)5-3-15(23)22-8-12(7-16(24)25)13(9-22)14-10-20(2)19-18-14/h4,6,10,12-13H,3,5,7-9H2,1-2H3,(H,24,25)/t12-,13+/m0/s1. The van der Waals surface area contributed by atoms with Gasteiger partial charge in [0.1, 0.15) is 5.82 Å². The number of aryl methyl sites for hydroxylation is 3. The third-order valence-corrected chi connectivity index (χ3v) is 4.72. The summed E-state index contributed by atoms with van der Waals surface area (Å²) in [7, 11) is 1.77. The number of imidazole rings is 1. The molecule has 0 aromatic carbocycles. The zero-order valence-electron chi connectivity index (χ0n) is 14.4. The van der Waals surface area contributed by atoms with Crippen molar-refractivity contribution in [2.45, 2.75) is 32.2 Å². The molecule has 3 rings (SSSR count). The Labute approximate surface area is 145 Å². The van der Waals surface area contributed by atoms with Gasteiger partial charge >= 0.3 is 5.97 Å². The summed E-state index contributed by atoms with van der Waals surface area (Å²) >= 11 is 0. The molecule has 1 aliphatic rings. The topological polar surface area (TPSA) is 106 Å². The summed E-state index contributed by atoms with van der Waals surface area (Å²) in [5, 5.41) is 17.2. The first-order chi connectivity index (χ1) is 11.9. The lowest BCUT2D eigenvalue weighted by molar-refractivity contribution is -0.138. The number of nitrogens with zero attached hydrogens (tertiary/aromatic N) is 6. The fraction of sp³-hybridized carbons (Fsp3) is 0.562. The van der Waals surface area contributed by atoms with Gasteiger partial charge in [0.25, 0.3) is 0 Å². The average molecular weight is 346 g/mol. The molecule has 0 bridgehead atoms. The molecule has 9 nitrogen and oxygen atoms in total. The number of carboxylic acid groups (broad SMARTS) is 1. The maximum absolute atomic E-state index is 12.6. The third-order valence-electron chi connectivity index (χ3n) is 4.72. The van der Waals surface area contributed by atoms with Crippen molar-refractivity contribution < 1.29 is 14.7 Å². The van der Waals surface area contributed by atoms with Crippen LogP contribution in [0.2, 0.25) is 0 Å². The number of hydrogen-bond donors (Lipinski definition) is 1. The van der Waals surface area contributed by atoms with Gasteiger partial charge in [-0.1, -0.05) is 5.21 Å². The minimum atomic E-state index is -0.859. The lowest BCUT2D eigenvalue weighted by Gasteiger charge is -2.16. The minimum absolute atomic E-state index is 0.0195. The van der Waals surface area contributed by atoms with Crippen molar-refractivity contribution in [3.63, 3.8) is 0 Å². The molecular weight excluding hydrogens is 324 g/mol. The zero-order valence-corrected chi connectivity index (χ0v) is 14.4. The molecule has 134 valence electrons. The van der Waals surface area contributed by atoms with Crippen LogP contribution in [0.15, 0.2) is 18.6 Å². The molecule has 3 heterocycles. The van der Waals surface area contributed by atoms with E-state index in [9.17, 15) is 14.7 Å². The van der Waals surface area contributed by atoms with E-state index in [4.69, 9.17) is 0 Å². The summed E-state index contributed by atoms with van der Waals surface area (Å²) in [5.41, 5.74) is 0.745. The van der Waals surface area contributed by atoms with E-state index >= 15 is 0 Å². The van der Waals surface area contributed by atoms with E-state index in [-0.39, 0.29) is 24.2 Å². The number of amides is 1. The highest BCUT2D eigenvalue weighted by Gasteiger charge is 2.38. The molecule has 0 aliphatic carbocycles. The molecule has 1 aliphatic heterocycles. The molecule has 0 radical (unpaired) electrons. The molecule has 9 heteroatoms. The fourth-order valence-corrected chi connectivity index (χ4v) is 3.39. The van der Waals surface area contributed by atoms with Crippen molar-refractivity contribution in [3.8, 4) is 0 Å². The first kappa shape index (κ1) is 17.1. The van der Waals surface area contributed by atoms with Crippen molar-refractivity contribution in [1.29, 1.82) is 0 Å². The van der Waals surface area contributed by atoms with Crippen molar-refractivity contribution in [1.82, 2.24) is 29.4 Å². The number of hydrogen-bond acceptors (Lipinski definition) is 5.